The number of carbonyl (C=O) groups is 2. The Labute approximate surface area is 241 Å². The number of halogens is 1. The van der Waals surface area contributed by atoms with Crippen molar-refractivity contribution in [3.8, 4) is 0 Å². The SMILES string of the molecule is Cc1cc2c(cc1Cc1ccc(C(=O)Nc3ccccc3C(=O)NCc3ccc(F)cc3)o1)C(C)(C)CCC2(C)C. The number of benzene rings is 3. The molecule has 2 amide bonds. The number of hydrogen-bond donors (Lipinski definition) is 2. The number of furan rings is 1. The smallest absolute Gasteiger partial charge is 0.291 e. The fourth-order valence-electron chi connectivity index (χ4n) is 5.59. The Morgan fingerprint density at radius 1 is 0.854 bits per heavy atom. The highest BCUT2D eigenvalue weighted by Crippen LogP contribution is 2.46. The lowest BCUT2D eigenvalue weighted by molar-refractivity contribution is 0.0951. The Bertz CT molecular complexity index is 1600. The number of carbonyl (C=O) groups excluding carboxylic acids is 2. The van der Waals surface area contributed by atoms with Crippen LogP contribution in [0, 0.1) is 12.7 Å². The number of anilines is 1. The number of hydrogen-bond acceptors (Lipinski definition) is 3. The van der Waals surface area contributed by atoms with Gasteiger partial charge < -0.3 is 15.1 Å². The third-order valence-corrected chi connectivity index (χ3v) is 8.35. The molecule has 6 heteroatoms. The van der Waals surface area contributed by atoms with Crippen LogP contribution in [-0.4, -0.2) is 11.8 Å². The van der Waals surface area contributed by atoms with Gasteiger partial charge in [0.2, 0.25) is 0 Å². The topological polar surface area (TPSA) is 71.3 Å². The Morgan fingerprint density at radius 3 is 2.22 bits per heavy atom. The van der Waals surface area contributed by atoms with Crippen LogP contribution in [0.5, 0.6) is 0 Å². The van der Waals surface area contributed by atoms with Gasteiger partial charge in [0.05, 0.1) is 11.3 Å². The van der Waals surface area contributed by atoms with Crippen LogP contribution in [0.25, 0.3) is 0 Å². The fourth-order valence-corrected chi connectivity index (χ4v) is 5.59. The molecule has 0 saturated heterocycles. The Balaban J connectivity index is 1.29. The minimum Gasteiger partial charge on any atom is -0.456 e. The zero-order valence-corrected chi connectivity index (χ0v) is 24.4. The molecule has 0 aliphatic heterocycles. The fraction of sp³-hybridized carbons (Fsp3) is 0.314. The van der Waals surface area contributed by atoms with E-state index in [-0.39, 0.29) is 34.9 Å². The average molecular weight is 553 g/mol. The molecule has 1 aromatic heterocycles. The Morgan fingerprint density at radius 2 is 1.51 bits per heavy atom. The first-order valence-corrected chi connectivity index (χ1v) is 14.1. The summed E-state index contributed by atoms with van der Waals surface area (Å²) < 4.78 is 19.2. The summed E-state index contributed by atoms with van der Waals surface area (Å²) in [6, 6.07) is 20.9. The van der Waals surface area contributed by atoms with E-state index in [2.05, 4.69) is 57.4 Å². The van der Waals surface area contributed by atoms with E-state index in [0.717, 1.165) is 12.0 Å². The highest BCUT2D eigenvalue weighted by Gasteiger charge is 2.37. The van der Waals surface area contributed by atoms with Gasteiger partial charge in [0.1, 0.15) is 11.6 Å². The summed E-state index contributed by atoms with van der Waals surface area (Å²) in [7, 11) is 0. The highest BCUT2D eigenvalue weighted by atomic mass is 19.1. The van der Waals surface area contributed by atoms with Gasteiger partial charge in [-0.15, -0.1) is 0 Å². The molecule has 0 unspecified atom stereocenters. The van der Waals surface area contributed by atoms with Gasteiger partial charge in [0.15, 0.2) is 5.76 Å². The van der Waals surface area contributed by atoms with E-state index < -0.39 is 5.91 Å². The molecule has 0 bridgehead atoms. The average Bonchev–Trinajstić information content (AvgIpc) is 3.41. The van der Waals surface area contributed by atoms with Crippen LogP contribution in [-0.2, 0) is 23.8 Å². The van der Waals surface area contributed by atoms with Crippen molar-refractivity contribution in [1.29, 1.82) is 0 Å². The summed E-state index contributed by atoms with van der Waals surface area (Å²) in [5.74, 6) is -0.227. The van der Waals surface area contributed by atoms with E-state index in [4.69, 9.17) is 4.42 Å². The second kappa shape index (κ2) is 11.0. The van der Waals surface area contributed by atoms with Crippen LogP contribution < -0.4 is 10.6 Å². The molecule has 212 valence electrons. The van der Waals surface area contributed by atoms with Crippen molar-refractivity contribution in [2.24, 2.45) is 0 Å². The van der Waals surface area contributed by atoms with Gasteiger partial charge in [-0.2, -0.15) is 0 Å². The second-order valence-corrected chi connectivity index (χ2v) is 12.3. The van der Waals surface area contributed by atoms with Gasteiger partial charge in [-0.1, -0.05) is 64.1 Å². The maximum atomic E-state index is 13.2. The lowest BCUT2D eigenvalue weighted by Crippen LogP contribution is -2.34. The molecule has 5 nitrogen and oxygen atoms in total. The lowest BCUT2D eigenvalue weighted by Gasteiger charge is -2.42. The number of amides is 2. The van der Waals surface area contributed by atoms with Gasteiger partial charge >= 0.3 is 0 Å². The predicted molar refractivity (Wildman–Crippen MR) is 160 cm³/mol. The molecular weight excluding hydrogens is 515 g/mol. The van der Waals surface area contributed by atoms with E-state index in [9.17, 15) is 14.0 Å². The van der Waals surface area contributed by atoms with Crippen LogP contribution >= 0.6 is 0 Å². The minimum atomic E-state index is -0.430. The number of nitrogens with one attached hydrogen (secondary N) is 2. The van der Waals surface area contributed by atoms with Crippen LogP contribution in [0.2, 0.25) is 0 Å². The first-order valence-electron chi connectivity index (χ1n) is 14.1. The second-order valence-electron chi connectivity index (χ2n) is 12.3. The van der Waals surface area contributed by atoms with Gasteiger partial charge in [-0.25, -0.2) is 4.39 Å². The number of aryl methyl sites for hydroxylation is 1. The van der Waals surface area contributed by atoms with E-state index in [0.29, 0.717) is 23.4 Å². The molecule has 5 rings (SSSR count). The molecule has 1 aliphatic carbocycles. The molecule has 0 spiro atoms. The first-order chi connectivity index (χ1) is 19.4. The van der Waals surface area contributed by atoms with Crippen LogP contribution in [0.4, 0.5) is 10.1 Å². The largest absolute Gasteiger partial charge is 0.456 e. The Hall–Kier alpha value is -4.19. The molecule has 0 radical (unpaired) electrons. The molecule has 4 aromatic rings. The van der Waals surface area contributed by atoms with E-state index in [1.165, 1.54) is 40.8 Å². The summed E-state index contributed by atoms with van der Waals surface area (Å²) in [6.07, 6.45) is 2.90. The molecule has 0 fully saturated rings. The quantitative estimate of drug-likeness (QED) is 0.245. The lowest BCUT2D eigenvalue weighted by atomic mass is 9.62. The monoisotopic (exact) mass is 552 g/mol. The normalized spacial score (nSPS) is 15.2. The van der Waals surface area contributed by atoms with E-state index in [1.807, 2.05) is 6.07 Å². The van der Waals surface area contributed by atoms with Crippen molar-refractivity contribution < 1.29 is 18.4 Å². The third-order valence-electron chi connectivity index (χ3n) is 8.35. The summed E-state index contributed by atoms with van der Waals surface area (Å²) in [5.41, 5.74) is 6.97. The minimum absolute atomic E-state index is 0.111. The van der Waals surface area contributed by atoms with Crippen molar-refractivity contribution >= 4 is 17.5 Å². The summed E-state index contributed by atoms with van der Waals surface area (Å²) in [6.45, 7) is 11.7. The van der Waals surface area contributed by atoms with Gasteiger partial charge in [0, 0.05) is 13.0 Å². The molecular formula is C35H37FN2O3. The first kappa shape index (κ1) is 28.3. The summed E-state index contributed by atoms with van der Waals surface area (Å²) in [5, 5.41) is 5.64. The maximum Gasteiger partial charge on any atom is 0.291 e. The Kier molecular flexibility index (Phi) is 7.60. The van der Waals surface area contributed by atoms with Crippen molar-refractivity contribution in [3.05, 3.63) is 124 Å². The molecule has 1 aliphatic rings. The van der Waals surface area contributed by atoms with E-state index >= 15 is 0 Å². The number of fused-ring (bicyclic) bond motifs is 1. The molecule has 2 N–H and O–H groups in total. The zero-order valence-electron chi connectivity index (χ0n) is 24.4. The van der Waals surface area contributed by atoms with Crippen molar-refractivity contribution in [2.45, 2.75) is 71.3 Å². The number of rotatable bonds is 7. The van der Waals surface area contributed by atoms with Crippen molar-refractivity contribution in [2.75, 3.05) is 5.32 Å². The van der Waals surface area contributed by atoms with Gasteiger partial charge in [0.25, 0.3) is 11.8 Å². The molecule has 3 aromatic carbocycles. The van der Waals surface area contributed by atoms with E-state index in [1.54, 1.807) is 42.5 Å². The van der Waals surface area contributed by atoms with Gasteiger partial charge in [-0.3, -0.25) is 9.59 Å². The zero-order chi connectivity index (χ0) is 29.4. The van der Waals surface area contributed by atoms with Crippen molar-refractivity contribution in [1.82, 2.24) is 5.32 Å². The summed E-state index contributed by atoms with van der Waals surface area (Å²) in [4.78, 5) is 26.0. The van der Waals surface area contributed by atoms with Crippen LogP contribution in [0.3, 0.4) is 0 Å². The summed E-state index contributed by atoms with van der Waals surface area (Å²) >= 11 is 0. The van der Waals surface area contributed by atoms with Crippen LogP contribution in [0.15, 0.2) is 77.2 Å². The van der Waals surface area contributed by atoms with Gasteiger partial charge in [-0.05, 0) is 94.8 Å². The molecule has 1 heterocycles. The standard InChI is InChI=1S/C35H37FN2O3/c1-22-18-28-29(35(4,5)17-16-34(28,2)3)20-24(22)19-26-14-15-31(41-26)33(40)38-30-9-7-6-8-27(30)32(39)37-21-23-10-12-25(36)13-11-23/h6-15,18,20H,16-17,19,21H2,1-5H3,(H,37,39)(H,38,40). The maximum absolute atomic E-state index is 13.2. The van der Waals surface area contributed by atoms with Crippen molar-refractivity contribution in [3.63, 3.8) is 0 Å². The predicted octanol–water partition coefficient (Wildman–Crippen LogP) is 7.85. The molecule has 41 heavy (non-hydrogen) atoms. The highest BCUT2D eigenvalue weighted by molar-refractivity contribution is 6.07. The molecule has 0 atom stereocenters. The third kappa shape index (κ3) is 6.12. The number of para-hydroxylation sites is 1. The molecule has 0 saturated carbocycles. The van der Waals surface area contributed by atoms with Crippen LogP contribution in [0.1, 0.15) is 95.0 Å².